The standard InChI is InChI=1S/C19H17NO4/c1-12-16(19(22)24-3)14-10-7-11-15(23-2)17(14)18(21)20(12)13-8-5-4-6-9-13/h4-11H,1-3H3. The summed E-state index contributed by atoms with van der Waals surface area (Å²) in [5, 5.41) is 0.880. The van der Waals surface area contributed by atoms with Crippen molar-refractivity contribution in [3.05, 3.63) is 70.1 Å². The van der Waals surface area contributed by atoms with E-state index in [-0.39, 0.29) is 5.56 Å². The molecule has 1 aromatic heterocycles. The van der Waals surface area contributed by atoms with Crippen molar-refractivity contribution in [3.63, 3.8) is 0 Å². The molecule has 5 nitrogen and oxygen atoms in total. The summed E-state index contributed by atoms with van der Waals surface area (Å²) in [6.45, 7) is 1.74. The zero-order chi connectivity index (χ0) is 17.3. The molecule has 5 heteroatoms. The van der Waals surface area contributed by atoms with Crippen molar-refractivity contribution >= 4 is 16.7 Å². The molecule has 0 saturated heterocycles. The van der Waals surface area contributed by atoms with E-state index in [0.29, 0.717) is 33.5 Å². The fraction of sp³-hybridized carbons (Fsp3) is 0.158. The fourth-order valence-electron chi connectivity index (χ4n) is 2.95. The lowest BCUT2D eigenvalue weighted by atomic mass is 10.0. The SMILES string of the molecule is COC(=O)c1c(C)n(-c2ccccc2)c(=O)c2c(OC)cccc12. The smallest absolute Gasteiger partial charge is 0.340 e. The average molecular weight is 323 g/mol. The first-order valence-electron chi connectivity index (χ1n) is 7.46. The molecule has 0 aliphatic carbocycles. The van der Waals surface area contributed by atoms with Crippen molar-refractivity contribution in [2.75, 3.05) is 14.2 Å². The normalized spacial score (nSPS) is 10.6. The molecular weight excluding hydrogens is 306 g/mol. The van der Waals surface area contributed by atoms with Gasteiger partial charge in [-0.2, -0.15) is 0 Å². The van der Waals surface area contributed by atoms with Crippen LogP contribution in [0.1, 0.15) is 16.1 Å². The number of nitrogens with zero attached hydrogens (tertiary/aromatic N) is 1. The maximum Gasteiger partial charge on any atom is 0.340 e. The lowest BCUT2D eigenvalue weighted by Crippen LogP contribution is -2.25. The molecule has 0 aliphatic rings. The van der Waals surface area contributed by atoms with Crippen molar-refractivity contribution in [1.82, 2.24) is 4.57 Å². The molecule has 1 heterocycles. The Bertz CT molecular complexity index is 974. The molecule has 122 valence electrons. The second-order valence-corrected chi connectivity index (χ2v) is 5.31. The van der Waals surface area contributed by atoms with Gasteiger partial charge in [0.1, 0.15) is 5.75 Å². The van der Waals surface area contributed by atoms with Gasteiger partial charge in [-0.15, -0.1) is 0 Å². The number of carbonyl (C=O) groups excluding carboxylic acids is 1. The number of fused-ring (bicyclic) bond motifs is 1. The van der Waals surface area contributed by atoms with Crippen molar-refractivity contribution in [2.24, 2.45) is 0 Å². The average Bonchev–Trinajstić information content (AvgIpc) is 2.61. The van der Waals surface area contributed by atoms with E-state index >= 15 is 0 Å². The summed E-state index contributed by atoms with van der Waals surface area (Å²) in [7, 11) is 2.82. The number of ether oxygens (including phenoxy) is 2. The predicted molar refractivity (Wildman–Crippen MR) is 92.2 cm³/mol. The van der Waals surface area contributed by atoms with E-state index in [1.165, 1.54) is 18.8 Å². The number of rotatable bonds is 3. The topological polar surface area (TPSA) is 57.5 Å². The van der Waals surface area contributed by atoms with E-state index in [1.54, 1.807) is 25.1 Å². The summed E-state index contributed by atoms with van der Waals surface area (Å²) >= 11 is 0. The van der Waals surface area contributed by atoms with Crippen LogP contribution in [0.5, 0.6) is 5.75 Å². The third kappa shape index (κ3) is 2.34. The summed E-state index contributed by atoms with van der Waals surface area (Å²) in [6.07, 6.45) is 0. The number of hydrogen-bond donors (Lipinski definition) is 0. The molecule has 0 bridgehead atoms. The van der Waals surface area contributed by atoms with Crippen LogP contribution in [-0.2, 0) is 4.74 Å². The number of hydrogen-bond acceptors (Lipinski definition) is 4. The van der Waals surface area contributed by atoms with E-state index in [4.69, 9.17) is 9.47 Å². The molecular formula is C19H17NO4. The van der Waals surface area contributed by atoms with Crippen LogP contribution in [0.3, 0.4) is 0 Å². The van der Waals surface area contributed by atoms with Gasteiger partial charge in [-0.1, -0.05) is 30.3 Å². The van der Waals surface area contributed by atoms with Crippen molar-refractivity contribution < 1.29 is 14.3 Å². The predicted octanol–water partition coefficient (Wildman–Crippen LogP) is 3.09. The summed E-state index contributed by atoms with van der Waals surface area (Å²) in [5.41, 5.74) is 1.32. The van der Waals surface area contributed by atoms with E-state index in [1.807, 2.05) is 30.3 Å². The molecule has 0 saturated carbocycles. The molecule has 2 aromatic carbocycles. The van der Waals surface area contributed by atoms with Crippen molar-refractivity contribution in [2.45, 2.75) is 6.92 Å². The Kier molecular flexibility index (Phi) is 4.08. The zero-order valence-corrected chi connectivity index (χ0v) is 13.7. The van der Waals surface area contributed by atoms with Gasteiger partial charge in [-0.05, 0) is 25.1 Å². The monoisotopic (exact) mass is 323 g/mol. The Morgan fingerprint density at radius 2 is 1.71 bits per heavy atom. The third-order valence-electron chi connectivity index (χ3n) is 4.03. The molecule has 3 rings (SSSR count). The molecule has 0 spiro atoms. The summed E-state index contributed by atoms with van der Waals surface area (Å²) < 4.78 is 11.8. The van der Waals surface area contributed by atoms with Crippen LogP contribution >= 0.6 is 0 Å². The van der Waals surface area contributed by atoms with Crippen LogP contribution in [-0.4, -0.2) is 24.8 Å². The van der Waals surface area contributed by atoms with Gasteiger partial charge in [-0.25, -0.2) is 4.79 Å². The minimum atomic E-state index is -0.490. The van der Waals surface area contributed by atoms with E-state index in [0.717, 1.165) is 0 Å². The number of esters is 1. The highest BCUT2D eigenvalue weighted by Gasteiger charge is 2.22. The Morgan fingerprint density at radius 3 is 2.33 bits per heavy atom. The third-order valence-corrected chi connectivity index (χ3v) is 4.03. The van der Waals surface area contributed by atoms with E-state index in [9.17, 15) is 9.59 Å². The van der Waals surface area contributed by atoms with Crippen LogP contribution in [0.25, 0.3) is 16.5 Å². The van der Waals surface area contributed by atoms with Crippen LogP contribution < -0.4 is 10.3 Å². The van der Waals surface area contributed by atoms with Gasteiger partial charge in [0, 0.05) is 16.8 Å². The minimum absolute atomic E-state index is 0.237. The molecule has 0 radical (unpaired) electrons. The van der Waals surface area contributed by atoms with Gasteiger partial charge in [0.25, 0.3) is 5.56 Å². The molecule has 3 aromatic rings. The van der Waals surface area contributed by atoms with Crippen LogP contribution in [0, 0.1) is 6.92 Å². The molecule has 0 aliphatic heterocycles. The summed E-state index contributed by atoms with van der Waals surface area (Å²) in [6, 6.07) is 14.4. The number of benzene rings is 2. The first-order valence-corrected chi connectivity index (χ1v) is 7.46. The second-order valence-electron chi connectivity index (χ2n) is 5.31. The summed E-state index contributed by atoms with van der Waals surface area (Å²) in [4.78, 5) is 25.5. The molecule has 24 heavy (non-hydrogen) atoms. The Balaban J connectivity index is 2.54. The van der Waals surface area contributed by atoms with Crippen molar-refractivity contribution in [3.8, 4) is 11.4 Å². The summed E-state index contributed by atoms with van der Waals surface area (Å²) in [5.74, 6) is -0.0669. The van der Waals surface area contributed by atoms with E-state index in [2.05, 4.69) is 0 Å². The molecule has 0 amide bonds. The highest BCUT2D eigenvalue weighted by Crippen LogP contribution is 2.28. The number of carbonyl (C=O) groups is 1. The largest absolute Gasteiger partial charge is 0.496 e. The Morgan fingerprint density at radius 1 is 1.00 bits per heavy atom. The van der Waals surface area contributed by atoms with Gasteiger partial charge in [0.15, 0.2) is 0 Å². The van der Waals surface area contributed by atoms with Gasteiger partial charge in [0.2, 0.25) is 0 Å². The van der Waals surface area contributed by atoms with E-state index < -0.39 is 5.97 Å². The lowest BCUT2D eigenvalue weighted by Gasteiger charge is -2.17. The highest BCUT2D eigenvalue weighted by molar-refractivity contribution is 6.06. The first kappa shape index (κ1) is 15.8. The molecule has 0 unspecified atom stereocenters. The van der Waals surface area contributed by atoms with Crippen LogP contribution in [0.2, 0.25) is 0 Å². The maximum atomic E-state index is 13.1. The van der Waals surface area contributed by atoms with Crippen LogP contribution in [0.15, 0.2) is 53.3 Å². The highest BCUT2D eigenvalue weighted by atomic mass is 16.5. The number of pyridine rings is 1. The van der Waals surface area contributed by atoms with Gasteiger partial charge < -0.3 is 9.47 Å². The van der Waals surface area contributed by atoms with Crippen molar-refractivity contribution in [1.29, 1.82) is 0 Å². The number of methoxy groups -OCH3 is 2. The Labute approximate surface area is 139 Å². The number of aromatic nitrogens is 1. The molecule has 0 N–H and O–H groups in total. The minimum Gasteiger partial charge on any atom is -0.496 e. The van der Waals surface area contributed by atoms with Gasteiger partial charge in [-0.3, -0.25) is 9.36 Å². The fourth-order valence-corrected chi connectivity index (χ4v) is 2.95. The number of para-hydroxylation sites is 1. The first-order chi connectivity index (χ1) is 11.6. The van der Waals surface area contributed by atoms with Gasteiger partial charge in [0.05, 0.1) is 25.2 Å². The molecule has 0 atom stereocenters. The Hall–Kier alpha value is -3.08. The molecule has 0 fully saturated rings. The maximum absolute atomic E-state index is 13.1. The second kappa shape index (κ2) is 6.20. The van der Waals surface area contributed by atoms with Gasteiger partial charge >= 0.3 is 5.97 Å². The van der Waals surface area contributed by atoms with Crippen LogP contribution in [0.4, 0.5) is 0 Å². The quantitative estimate of drug-likeness (QED) is 0.695. The zero-order valence-electron chi connectivity index (χ0n) is 13.7. The lowest BCUT2D eigenvalue weighted by molar-refractivity contribution is 0.0601.